The van der Waals surface area contributed by atoms with Gasteiger partial charge in [0, 0.05) is 5.39 Å². The first-order valence-corrected chi connectivity index (χ1v) is 3.97. The van der Waals surface area contributed by atoms with Crippen LogP contribution in [0.15, 0.2) is 30.3 Å². The van der Waals surface area contributed by atoms with Crippen LogP contribution in [0.3, 0.4) is 0 Å². The maximum absolute atomic E-state index is 11.4. The molecule has 0 radical (unpaired) electrons. The fourth-order valence-electron chi connectivity index (χ4n) is 1.27. The minimum Gasteiger partial charge on any atom is -0.868 e. The zero-order chi connectivity index (χ0) is 9.26. The number of aromatic nitrogens is 1. The molecule has 14 heavy (non-hydrogen) atoms. The molecule has 0 bridgehead atoms. The van der Waals surface area contributed by atoms with Gasteiger partial charge in [-0.05, 0) is 17.9 Å². The predicted molar refractivity (Wildman–Crippen MR) is 46.5 cm³/mol. The maximum Gasteiger partial charge on any atom is 1.00 e. The molecule has 66 valence electrons. The molecule has 1 aromatic heterocycles. The zero-order valence-corrected chi connectivity index (χ0v) is 8.20. The van der Waals surface area contributed by atoms with Crippen LogP contribution >= 0.6 is 0 Å². The average Bonchev–Trinajstić information content (AvgIpc) is 2.18. The van der Waals surface area contributed by atoms with Crippen molar-refractivity contribution >= 4 is 10.9 Å². The van der Waals surface area contributed by atoms with Gasteiger partial charge in [-0.2, -0.15) is 4.98 Å². The van der Waals surface area contributed by atoms with E-state index in [2.05, 4.69) is 4.98 Å². The van der Waals surface area contributed by atoms with E-state index in [9.17, 15) is 5.11 Å². The van der Waals surface area contributed by atoms with Crippen LogP contribution in [0, 0.1) is 0 Å². The molecule has 2 aromatic rings. The van der Waals surface area contributed by atoms with Gasteiger partial charge in [-0.15, -0.1) is 0 Å². The Balaban J connectivity index is 0.000000980. The first kappa shape index (κ1) is 10.9. The Bertz CT molecular complexity index is 445. The van der Waals surface area contributed by atoms with Crippen molar-refractivity contribution in [3.05, 3.63) is 30.3 Å². The van der Waals surface area contributed by atoms with Crippen LogP contribution in [-0.2, 0) is 0 Å². The molecule has 0 spiro atoms. The van der Waals surface area contributed by atoms with Gasteiger partial charge in [-0.25, -0.2) is 0 Å². The largest absolute Gasteiger partial charge is 1.00 e. The van der Waals surface area contributed by atoms with E-state index < -0.39 is 0 Å². The van der Waals surface area contributed by atoms with Crippen LogP contribution in [0.1, 0.15) is 0 Å². The molecule has 3 nitrogen and oxygen atoms in total. The quantitative estimate of drug-likeness (QED) is 0.467. The van der Waals surface area contributed by atoms with Crippen LogP contribution in [0.5, 0.6) is 11.6 Å². The summed E-state index contributed by atoms with van der Waals surface area (Å²) >= 11 is 0. The first-order valence-electron chi connectivity index (χ1n) is 3.97. The minimum absolute atomic E-state index is 0. The van der Waals surface area contributed by atoms with E-state index in [-0.39, 0.29) is 24.6 Å². The number of fused-ring (bicyclic) bond motifs is 1. The monoisotopic (exact) mass is 182 g/mol. The summed E-state index contributed by atoms with van der Waals surface area (Å²) in [4.78, 5) is 2.91. The number of hydrogen-bond donors (Lipinski definition) is 0. The predicted octanol–water partition coefficient (Wildman–Crippen LogP) is -2.26. The Hall–Kier alpha value is -1.17. The van der Waals surface area contributed by atoms with E-state index >= 15 is 0 Å². The molecule has 1 N–H and O–H groups in total. The fourth-order valence-corrected chi connectivity index (χ4v) is 1.27. The summed E-state index contributed by atoms with van der Waals surface area (Å²) in [5.74, 6) is 0.576. The molecular formula is C10H9LiNO2+. The van der Waals surface area contributed by atoms with Gasteiger partial charge in [0.2, 0.25) is 5.52 Å². The second kappa shape index (κ2) is 4.36. The smallest absolute Gasteiger partial charge is 0.868 e. The standard InChI is InChI=1S/C10H9NO2.Li/c1-13-9-6-5-7-3-2-4-8(12)10(7)11-9;/h2-6,12H,1H3;/q;+1. The number of pyridine rings is 1. The SMILES string of the molecule is COc1ccc2cccc([O-])c2[nH+]1.[Li+]. The van der Waals surface area contributed by atoms with Crippen molar-refractivity contribution in [1.82, 2.24) is 0 Å². The van der Waals surface area contributed by atoms with E-state index in [1.165, 1.54) is 6.07 Å². The average molecular weight is 182 g/mol. The van der Waals surface area contributed by atoms with Gasteiger partial charge in [-0.3, -0.25) is 0 Å². The van der Waals surface area contributed by atoms with Crippen molar-refractivity contribution in [1.29, 1.82) is 0 Å². The van der Waals surface area contributed by atoms with Gasteiger partial charge >= 0.3 is 24.7 Å². The van der Waals surface area contributed by atoms with Gasteiger partial charge in [0.05, 0.1) is 13.2 Å². The topological polar surface area (TPSA) is 46.4 Å². The van der Waals surface area contributed by atoms with Crippen molar-refractivity contribution in [3.63, 3.8) is 0 Å². The van der Waals surface area contributed by atoms with Gasteiger partial charge < -0.3 is 9.84 Å². The van der Waals surface area contributed by atoms with E-state index in [1.54, 1.807) is 19.2 Å². The van der Waals surface area contributed by atoms with Crippen LogP contribution in [-0.4, -0.2) is 7.11 Å². The summed E-state index contributed by atoms with van der Waals surface area (Å²) in [6, 6.07) is 8.80. The number of rotatable bonds is 1. The summed E-state index contributed by atoms with van der Waals surface area (Å²) in [5.41, 5.74) is 0.585. The summed E-state index contributed by atoms with van der Waals surface area (Å²) < 4.78 is 4.98. The van der Waals surface area contributed by atoms with Crippen molar-refractivity contribution < 1.29 is 33.7 Å². The molecular weight excluding hydrogens is 173 g/mol. The third kappa shape index (κ3) is 1.84. The molecule has 0 aliphatic carbocycles. The first-order chi connectivity index (χ1) is 6.31. The normalized spacial score (nSPS) is 9.50. The van der Waals surface area contributed by atoms with E-state index in [0.717, 1.165) is 5.39 Å². The van der Waals surface area contributed by atoms with Crippen LogP contribution in [0.25, 0.3) is 10.9 Å². The number of hydrogen-bond acceptors (Lipinski definition) is 2. The minimum atomic E-state index is -0.0172. The Morgan fingerprint density at radius 2 is 2.00 bits per heavy atom. The second-order valence-corrected chi connectivity index (χ2v) is 2.75. The van der Waals surface area contributed by atoms with E-state index in [4.69, 9.17) is 4.74 Å². The van der Waals surface area contributed by atoms with Gasteiger partial charge in [0.1, 0.15) is 0 Å². The zero-order valence-electron chi connectivity index (χ0n) is 8.20. The molecule has 2 rings (SSSR count). The molecule has 0 atom stereocenters. The summed E-state index contributed by atoms with van der Waals surface area (Å²) in [6.07, 6.45) is 0. The van der Waals surface area contributed by atoms with Crippen LogP contribution in [0.2, 0.25) is 0 Å². The molecule has 0 amide bonds. The third-order valence-corrected chi connectivity index (χ3v) is 1.94. The molecule has 0 fully saturated rings. The summed E-state index contributed by atoms with van der Waals surface area (Å²) in [5, 5.41) is 12.3. The molecule has 1 heterocycles. The van der Waals surface area contributed by atoms with Crippen LogP contribution < -0.4 is 33.7 Å². The number of aromatic amines is 1. The molecule has 0 unspecified atom stereocenters. The van der Waals surface area contributed by atoms with Crippen molar-refractivity contribution in [2.45, 2.75) is 0 Å². The molecule has 0 aliphatic heterocycles. The number of para-hydroxylation sites is 1. The number of H-pyrrole nitrogens is 1. The molecule has 0 aliphatic rings. The van der Waals surface area contributed by atoms with Crippen molar-refractivity contribution in [2.75, 3.05) is 7.11 Å². The van der Waals surface area contributed by atoms with E-state index in [1.807, 2.05) is 12.1 Å². The molecule has 0 saturated heterocycles. The van der Waals surface area contributed by atoms with Gasteiger partial charge in [0.15, 0.2) is 0 Å². The Kier molecular flexibility index (Phi) is 3.40. The van der Waals surface area contributed by atoms with Gasteiger partial charge in [-0.1, -0.05) is 12.1 Å². The summed E-state index contributed by atoms with van der Waals surface area (Å²) in [7, 11) is 1.56. The number of benzene rings is 1. The van der Waals surface area contributed by atoms with Crippen LogP contribution in [0.4, 0.5) is 0 Å². The molecule has 0 saturated carbocycles. The maximum atomic E-state index is 11.4. The van der Waals surface area contributed by atoms with Crippen molar-refractivity contribution in [2.24, 2.45) is 0 Å². The summed E-state index contributed by atoms with van der Waals surface area (Å²) in [6.45, 7) is 0. The third-order valence-electron chi connectivity index (χ3n) is 1.94. The molecule has 4 heteroatoms. The number of methoxy groups -OCH3 is 1. The van der Waals surface area contributed by atoms with Crippen molar-refractivity contribution in [3.8, 4) is 11.6 Å². The van der Waals surface area contributed by atoms with E-state index in [0.29, 0.717) is 11.4 Å². The Labute approximate surface area is 93.9 Å². The second-order valence-electron chi connectivity index (χ2n) is 2.75. The number of nitrogens with one attached hydrogen (secondary N) is 1. The number of ether oxygens (including phenoxy) is 1. The Morgan fingerprint density at radius 3 is 2.71 bits per heavy atom. The fraction of sp³-hybridized carbons (Fsp3) is 0.100. The Morgan fingerprint density at radius 1 is 1.21 bits per heavy atom. The molecule has 1 aromatic carbocycles. The van der Waals surface area contributed by atoms with Gasteiger partial charge in [0.25, 0.3) is 0 Å².